The zero-order valence-corrected chi connectivity index (χ0v) is 14.1. The van der Waals surface area contributed by atoms with Gasteiger partial charge in [0.25, 0.3) is 5.56 Å². The summed E-state index contributed by atoms with van der Waals surface area (Å²) in [5.41, 5.74) is 0.470. The van der Waals surface area contributed by atoms with Crippen molar-refractivity contribution >= 4 is 11.6 Å². The van der Waals surface area contributed by atoms with Gasteiger partial charge in [-0.1, -0.05) is 0 Å². The van der Waals surface area contributed by atoms with Crippen LogP contribution in [0, 0.1) is 5.82 Å². The molecule has 0 saturated carbocycles. The lowest BCUT2D eigenvalue weighted by Gasteiger charge is -2.09. The van der Waals surface area contributed by atoms with Crippen LogP contribution in [0.4, 0.5) is 10.1 Å². The fourth-order valence-corrected chi connectivity index (χ4v) is 2.36. The Hall–Kier alpha value is -3.49. The van der Waals surface area contributed by atoms with Crippen LogP contribution in [-0.4, -0.2) is 32.6 Å². The topological polar surface area (TPSA) is 91.0 Å². The van der Waals surface area contributed by atoms with E-state index in [0.717, 1.165) is 4.68 Å². The summed E-state index contributed by atoms with van der Waals surface area (Å²) in [5, 5.41) is 10.6. The number of hydrogen-bond acceptors (Lipinski definition) is 5. The molecule has 134 valence electrons. The van der Waals surface area contributed by atoms with Gasteiger partial charge in [-0.25, -0.2) is 9.07 Å². The number of anilines is 1. The van der Waals surface area contributed by atoms with E-state index in [9.17, 15) is 14.0 Å². The van der Waals surface area contributed by atoms with E-state index < -0.39 is 17.3 Å². The van der Waals surface area contributed by atoms with Crippen LogP contribution in [0.5, 0.6) is 5.75 Å². The van der Waals surface area contributed by atoms with E-state index >= 15 is 0 Å². The predicted octanol–water partition coefficient (Wildman–Crippen LogP) is 1.43. The second-order valence-electron chi connectivity index (χ2n) is 5.51. The van der Waals surface area contributed by atoms with Crippen molar-refractivity contribution in [3.05, 3.63) is 58.9 Å². The maximum atomic E-state index is 14.2. The van der Waals surface area contributed by atoms with Crippen molar-refractivity contribution in [1.82, 2.24) is 19.6 Å². The molecule has 0 radical (unpaired) electrons. The van der Waals surface area contributed by atoms with Gasteiger partial charge in [0.15, 0.2) is 0 Å². The molecule has 0 fully saturated rings. The standard InChI is InChI=1S/C17H16FN5O3/c1-22-9-11(8-19-22)20-16(24)10-23-17(25)6-5-15(21-23)13-4-3-12(26-2)7-14(13)18/h3-9H,10H2,1-2H3,(H,20,24). The summed E-state index contributed by atoms with van der Waals surface area (Å²) in [5.74, 6) is -0.614. The van der Waals surface area contributed by atoms with Crippen molar-refractivity contribution < 1.29 is 13.9 Å². The molecule has 2 heterocycles. The highest BCUT2D eigenvalue weighted by Gasteiger charge is 2.12. The molecule has 0 saturated heterocycles. The highest BCUT2D eigenvalue weighted by atomic mass is 19.1. The van der Waals surface area contributed by atoms with E-state index in [2.05, 4.69) is 15.5 Å². The summed E-state index contributed by atoms with van der Waals surface area (Å²) in [4.78, 5) is 24.1. The molecule has 0 aliphatic heterocycles. The SMILES string of the molecule is COc1ccc(-c2ccc(=O)n(CC(=O)Nc3cnn(C)c3)n2)c(F)c1. The van der Waals surface area contributed by atoms with E-state index in [-0.39, 0.29) is 17.8 Å². The number of carbonyl (C=O) groups excluding carboxylic acids is 1. The lowest BCUT2D eigenvalue weighted by atomic mass is 10.1. The number of aromatic nitrogens is 4. The number of aryl methyl sites for hydroxylation is 1. The smallest absolute Gasteiger partial charge is 0.267 e. The van der Waals surface area contributed by atoms with Gasteiger partial charge >= 0.3 is 0 Å². The molecular weight excluding hydrogens is 341 g/mol. The Morgan fingerprint density at radius 1 is 1.31 bits per heavy atom. The third-order valence-electron chi connectivity index (χ3n) is 3.60. The average Bonchev–Trinajstić information content (AvgIpc) is 3.01. The summed E-state index contributed by atoms with van der Waals surface area (Å²) in [6.07, 6.45) is 3.11. The van der Waals surface area contributed by atoms with Gasteiger partial charge in [0.1, 0.15) is 18.1 Å². The van der Waals surface area contributed by atoms with Gasteiger partial charge in [0.2, 0.25) is 5.91 Å². The Labute approximate surface area is 147 Å². The normalized spacial score (nSPS) is 10.6. The van der Waals surface area contributed by atoms with Gasteiger partial charge in [0.05, 0.1) is 24.7 Å². The number of ether oxygens (including phenoxy) is 1. The molecule has 0 aliphatic carbocycles. The minimum absolute atomic E-state index is 0.201. The number of nitrogens with zero attached hydrogens (tertiary/aromatic N) is 4. The summed E-state index contributed by atoms with van der Waals surface area (Å²) >= 11 is 0. The molecule has 2 aromatic heterocycles. The highest BCUT2D eigenvalue weighted by molar-refractivity contribution is 5.90. The molecule has 3 aromatic rings. The van der Waals surface area contributed by atoms with E-state index in [1.807, 2.05) is 0 Å². The summed E-state index contributed by atoms with van der Waals surface area (Å²) in [7, 11) is 3.16. The maximum absolute atomic E-state index is 14.2. The molecule has 26 heavy (non-hydrogen) atoms. The third-order valence-corrected chi connectivity index (χ3v) is 3.60. The Bertz CT molecular complexity index is 1010. The molecule has 0 aliphatic rings. The van der Waals surface area contributed by atoms with E-state index in [4.69, 9.17) is 4.74 Å². The summed E-state index contributed by atoms with van der Waals surface area (Å²) < 4.78 is 21.7. The summed E-state index contributed by atoms with van der Waals surface area (Å²) in [6.45, 7) is -0.306. The van der Waals surface area contributed by atoms with Crippen LogP contribution in [0.3, 0.4) is 0 Å². The van der Waals surface area contributed by atoms with Gasteiger partial charge < -0.3 is 10.1 Å². The van der Waals surface area contributed by atoms with Gasteiger partial charge in [0, 0.05) is 30.9 Å². The van der Waals surface area contributed by atoms with E-state index in [1.54, 1.807) is 19.3 Å². The zero-order chi connectivity index (χ0) is 18.7. The first-order chi connectivity index (χ1) is 12.5. The molecule has 1 N–H and O–H groups in total. The minimum atomic E-state index is -0.540. The molecule has 1 aromatic carbocycles. The van der Waals surface area contributed by atoms with Crippen LogP contribution >= 0.6 is 0 Å². The lowest BCUT2D eigenvalue weighted by Crippen LogP contribution is -2.29. The number of carbonyl (C=O) groups is 1. The Balaban J connectivity index is 1.83. The van der Waals surface area contributed by atoms with Crippen molar-refractivity contribution in [3.8, 4) is 17.0 Å². The van der Waals surface area contributed by atoms with E-state index in [0.29, 0.717) is 11.4 Å². The number of hydrogen-bond donors (Lipinski definition) is 1. The van der Waals surface area contributed by atoms with Gasteiger partial charge in [-0.15, -0.1) is 0 Å². The summed E-state index contributed by atoms with van der Waals surface area (Å²) in [6, 6.07) is 6.96. The third kappa shape index (κ3) is 3.77. The molecule has 0 unspecified atom stereocenters. The quantitative estimate of drug-likeness (QED) is 0.746. The molecule has 9 heteroatoms. The van der Waals surface area contributed by atoms with Crippen molar-refractivity contribution in [2.24, 2.45) is 7.05 Å². The van der Waals surface area contributed by atoms with Crippen LogP contribution in [-0.2, 0) is 18.4 Å². The molecule has 0 spiro atoms. The van der Waals surface area contributed by atoms with Crippen molar-refractivity contribution in [2.75, 3.05) is 12.4 Å². The van der Waals surface area contributed by atoms with Gasteiger partial charge in [-0.05, 0) is 18.2 Å². The van der Waals surface area contributed by atoms with Crippen molar-refractivity contribution in [2.45, 2.75) is 6.54 Å². The van der Waals surface area contributed by atoms with Crippen LogP contribution in [0.2, 0.25) is 0 Å². The predicted molar refractivity (Wildman–Crippen MR) is 92.3 cm³/mol. The van der Waals surface area contributed by atoms with Crippen LogP contribution < -0.4 is 15.6 Å². The average molecular weight is 357 g/mol. The molecule has 3 rings (SSSR count). The number of amides is 1. The molecule has 8 nitrogen and oxygen atoms in total. The van der Waals surface area contributed by atoms with E-state index in [1.165, 1.54) is 42.3 Å². The van der Waals surface area contributed by atoms with Gasteiger partial charge in [-0.2, -0.15) is 10.2 Å². The number of halogens is 1. The fraction of sp³-hybridized carbons (Fsp3) is 0.176. The number of methoxy groups -OCH3 is 1. The van der Waals surface area contributed by atoms with Crippen molar-refractivity contribution in [3.63, 3.8) is 0 Å². The largest absolute Gasteiger partial charge is 0.497 e. The first-order valence-electron chi connectivity index (χ1n) is 7.67. The molecule has 0 atom stereocenters. The lowest BCUT2D eigenvalue weighted by molar-refractivity contribution is -0.117. The number of rotatable bonds is 5. The van der Waals surface area contributed by atoms with Crippen LogP contribution in [0.1, 0.15) is 0 Å². The fourth-order valence-electron chi connectivity index (χ4n) is 2.36. The van der Waals surface area contributed by atoms with Crippen molar-refractivity contribution in [1.29, 1.82) is 0 Å². The monoisotopic (exact) mass is 357 g/mol. The first-order valence-corrected chi connectivity index (χ1v) is 7.67. The zero-order valence-electron chi connectivity index (χ0n) is 14.1. The second kappa shape index (κ2) is 7.18. The Morgan fingerprint density at radius 3 is 2.77 bits per heavy atom. The first kappa shape index (κ1) is 17.3. The number of nitrogens with one attached hydrogen (secondary N) is 1. The Kier molecular flexibility index (Phi) is 4.78. The Morgan fingerprint density at radius 2 is 2.12 bits per heavy atom. The maximum Gasteiger partial charge on any atom is 0.267 e. The minimum Gasteiger partial charge on any atom is -0.497 e. The highest BCUT2D eigenvalue weighted by Crippen LogP contribution is 2.23. The van der Waals surface area contributed by atoms with Gasteiger partial charge in [-0.3, -0.25) is 14.3 Å². The van der Waals surface area contributed by atoms with Crippen LogP contribution in [0.15, 0.2) is 47.5 Å². The molecule has 1 amide bonds. The number of benzene rings is 1. The molecule has 0 bridgehead atoms. The van der Waals surface area contributed by atoms with Crippen LogP contribution in [0.25, 0.3) is 11.3 Å². The molecular formula is C17H16FN5O3. The second-order valence-corrected chi connectivity index (χ2v) is 5.51.